The van der Waals surface area contributed by atoms with Crippen LogP contribution in [-0.2, 0) is 14.6 Å². The molecule has 1 fully saturated rings. The van der Waals surface area contributed by atoms with E-state index in [0.29, 0.717) is 36.8 Å². The van der Waals surface area contributed by atoms with Gasteiger partial charge in [0.15, 0.2) is 5.13 Å². The van der Waals surface area contributed by atoms with Crippen molar-refractivity contribution < 1.29 is 18.0 Å². The Hall–Kier alpha value is -2.17. The minimum absolute atomic E-state index is 0.0176. The maximum atomic E-state index is 13.1. The van der Waals surface area contributed by atoms with Crippen molar-refractivity contribution >= 4 is 49.7 Å². The van der Waals surface area contributed by atoms with Gasteiger partial charge in [-0.25, -0.2) is 13.4 Å². The normalized spacial score (nSPS) is 15.7. The second kappa shape index (κ2) is 9.76. The number of hydrogen-bond acceptors (Lipinski definition) is 7. The molecule has 1 aliphatic heterocycles. The molecule has 0 unspecified atom stereocenters. The van der Waals surface area contributed by atoms with Gasteiger partial charge in [-0.05, 0) is 30.7 Å². The molecule has 1 N–H and O–H groups in total. The van der Waals surface area contributed by atoms with Crippen molar-refractivity contribution in [1.29, 1.82) is 0 Å². The van der Waals surface area contributed by atoms with Crippen LogP contribution in [0.5, 0.6) is 0 Å². The first kappa shape index (κ1) is 22.5. The summed E-state index contributed by atoms with van der Waals surface area (Å²) in [5.41, 5.74) is 0.352. The number of hydrogen-bond donors (Lipinski definition) is 1. The van der Waals surface area contributed by atoms with E-state index in [4.69, 9.17) is 11.6 Å². The summed E-state index contributed by atoms with van der Waals surface area (Å²) in [6, 6.07) is 5.36. The first-order chi connectivity index (χ1) is 14.2. The lowest BCUT2D eigenvalue weighted by Gasteiger charge is -2.36. The maximum absolute atomic E-state index is 13.1. The third-order valence-corrected chi connectivity index (χ3v) is 6.83. The highest BCUT2D eigenvalue weighted by Crippen LogP contribution is 2.19. The molecule has 1 saturated heterocycles. The first-order valence-corrected chi connectivity index (χ1v) is 12.7. The zero-order valence-electron chi connectivity index (χ0n) is 16.5. The van der Waals surface area contributed by atoms with Gasteiger partial charge in [-0.3, -0.25) is 9.59 Å². The number of halogens is 1. The molecule has 0 aliphatic carbocycles. The summed E-state index contributed by atoms with van der Waals surface area (Å²) in [7, 11) is -3.28. The SMILES string of the molecule is CS(=O)(=O)CC[C@@H](NC(=O)c1ccc(Cl)cc1)C(=O)N1CCN(c2nccs2)CC1. The molecule has 2 heterocycles. The van der Waals surface area contributed by atoms with Gasteiger partial charge in [-0.1, -0.05) is 11.6 Å². The highest BCUT2D eigenvalue weighted by molar-refractivity contribution is 7.90. The third kappa shape index (κ3) is 6.16. The van der Waals surface area contributed by atoms with Gasteiger partial charge < -0.3 is 15.1 Å². The molecule has 3 rings (SSSR count). The van der Waals surface area contributed by atoms with E-state index in [-0.39, 0.29) is 18.1 Å². The number of nitrogens with zero attached hydrogens (tertiary/aromatic N) is 3. The number of aromatic nitrogens is 1. The molecule has 1 aliphatic rings. The van der Waals surface area contributed by atoms with Crippen molar-refractivity contribution in [3.05, 3.63) is 46.4 Å². The topological polar surface area (TPSA) is 99.7 Å². The summed E-state index contributed by atoms with van der Waals surface area (Å²) >= 11 is 7.40. The summed E-state index contributed by atoms with van der Waals surface area (Å²) in [6.07, 6.45) is 2.87. The number of carbonyl (C=O) groups is 2. The predicted octanol–water partition coefficient (Wildman–Crippen LogP) is 1.68. The molecular formula is C19H23ClN4O4S2. The van der Waals surface area contributed by atoms with Crippen molar-refractivity contribution in [3.8, 4) is 0 Å². The lowest BCUT2D eigenvalue weighted by Crippen LogP contribution is -2.55. The van der Waals surface area contributed by atoms with E-state index >= 15 is 0 Å². The average Bonchev–Trinajstić information content (AvgIpc) is 3.25. The Morgan fingerprint density at radius 2 is 1.87 bits per heavy atom. The number of amides is 2. The van der Waals surface area contributed by atoms with E-state index in [1.807, 2.05) is 5.38 Å². The van der Waals surface area contributed by atoms with Crippen molar-refractivity contribution in [1.82, 2.24) is 15.2 Å². The van der Waals surface area contributed by atoms with Crippen molar-refractivity contribution in [2.75, 3.05) is 43.1 Å². The molecule has 1 atom stereocenters. The molecule has 162 valence electrons. The Morgan fingerprint density at radius 1 is 1.20 bits per heavy atom. The third-order valence-electron chi connectivity index (χ3n) is 4.77. The molecular weight excluding hydrogens is 448 g/mol. The molecule has 0 radical (unpaired) electrons. The summed E-state index contributed by atoms with van der Waals surface area (Å²) in [5, 5.41) is 6.01. The number of carbonyl (C=O) groups excluding carboxylic acids is 2. The second-order valence-corrected chi connectivity index (χ2v) is 10.6. The average molecular weight is 471 g/mol. The van der Waals surface area contributed by atoms with Gasteiger partial charge in [0.05, 0.1) is 5.75 Å². The van der Waals surface area contributed by atoms with Gasteiger partial charge in [-0.2, -0.15) is 0 Å². The molecule has 11 heteroatoms. The van der Waals surface area contributed by atoms with Gasteiger partial charge in [0, 0.05) is 54.6 Å². The van der Waals surface area contributed by atoms with Gasteiger partial charge in [0.2, 0.25) is 5.91 Å². The molecule has 0 saturated carbocycles. The Kier molecular flexibility index (Phi) is 7.32. The van der Waals surface area contributed by atoms with Crippen LogP contribution in [0.4, 0.5) is 5.13 Å². The molecule has 1 aromatic heterocycles. The largest absolute Gasteiger partial charge is 0.345 e. The number of thiazole rings is 1. The standard InChI is InChI=1S/C19H23ClN4O4S2/c1-30(27,28)13-6-16(22-17(25)14-2-4-15(20)5-3-14)18(26)23-8-10-24(11-9-23)19-21-7-12-29-19/h2-5,7,12,16H,6,8-11,13H2,1H3,(H,22,25)/t16-/m1/s1. The van der Waals surface area contributed by atoms with Gasteiger partial charge in [0.1, 0.15) is 15.9 Å². The summed E-state index contributed by atoms with van der Waals surface area (Å²) in [5.74, 6) is -0.914. The molecule has 0 spiro atoms. The molecule has 8 nitrogen and oxygen atoms in total. The first-order valence-electron chi connectivity index (χ1n) is 9.40. The minimum atomic E-state index is -3.28. The van der Waals surface area contributed by atoms with E-state index in [1.54, 1.807) is 46.7 Å². The zero-order chi connectivity index (χ0) is 21.7. The predicted molar refractivity (Wildman–Crippen MR) is 118 cm³/mol. The second-order valence-electron chi connectivity index (χ2n) is 7.08. The van der Waals surface area contributed by atoms with Gasteiger partial charge >= 0.3 is 0 Å². The summed E-state index contributed by atoms with van der Waals surface area (Å²) < 4.78 is 23.3. The fourth-order valence-corrected chi connectivity index (χ4v) is 4.63. The molecule has 30 heavy (non-hydrogen) atoms. The molecule has 2 amide bonds. The van der Waals surface area contributed by atoms with Crippen LogP contribution in [0.3, 0.4) is 0 Å². The number of anilines is 1. The van der Waals surface area contributed by atoms with Crippen LogP contribution >= 0.6 is 22.9 Å². The van der Waals surface area contributed by atoms with E-state index in [2.05, 4.69) is 15.2 Å². The Bertz CT molecular complexity index is 972. The monoisotopic (exact) mass is 470 g/mol. The molecule has 1 aromatic carbocycles. The number of piperazine rings is 1. The Morgan fingerprint density at radius 3 is 2.43 bits per heavy atom. The maximum Gasteiger partial charge on any atom is 0.251 e. The van der Waals surface area contributed by atoms with Crippen molar-refractivity contribution in [2.24, 2.45) is 0 Å². The highest BCUT2D eigenvalue weighted by Gasteiger charge is 2.30. The van der Waals surface area contributed by atoms with E-state index < -0.39 is 21.8 Å². The Balaban J connectivity index is 1.67. The lowest BCUT2D eigenvalue weighted by molar-refractivity contribution is -0.133. The van der Waals surface area contributed by atoms with Gasteiger partial charge in [0.25, 0.3) is 5.91 Å². The number of rotatable bonds is 7. The van der Waals surface area contributed by atoms with Crippen LogP contribution in [0.1, 0.15) is 16.8 Å². The fraction of sp³-hybridized carbons (Fsp3) is 0.421. The molecule has 0 bridgehead atoms. The summed E-state index contributed by atoms with van der Waals surface area (Å²) in [6.45, 7) is 2.21. The van der Waals surface area contributed by atoms with Gasteiger partial charge in [-0.15, -0.1) is 11.3 Å². The summed E-state index contributed by atoms with van der Waals surface area (Å²) in [4.78, 5) is 33.7. The van der Waals surface area contributed by atoms with E-state index in [9.17, 15) is 18.0 Å². The lowest BCUT2D eigenvalue weighted by atomic mass is 10.1. The van der Waals surface area contributed by atoms with Crippen molar-refractivity contribution in [3.63, 3.8) is 0 Å². The quantitative estimate of drug-likeness (QED) is 0.660. The molecule has 2 aromatic rings. The van der Waals surface area contributed by atoms with Crippen LogP contribution in [-0.4, -0.2) is 74.3 Å². The van der Waals surface area contributed by atoms with E-state index in [0.717, 1.165) is 11.4 Å². The van der Waals surface area contributed by atoms with Crippen molar-refractivity contribution in [2.45, 2.75) is 12.5 Å². The smallest absolute Gasteiger partial charge is 0.251 e. The van der Waals surface area contributed by atoms with E-state index in [1.165, 1.54) is 0 Å². The van der Waals surface area contributed by atoms with Crippen LogP contribution in [0.25, 0.3) is 0 Å². The number of nitrogens with one attached hydrogen (secondary N) is 1. The number of benzene rings is 1. The van der Waals surface area contributed by atoms with Crippen LogP contribution in [0.15, 0.2) is 35.8 Å². The highest BCUT2D eigenvalue weighted by atomic mass is 35.5. The Labute approximate surface area is 184 Å². The zero-order valence-corrected chi connectivity index (χ0v) is 18.8. The van der Waals surface area contributed by atoms with Crippen LogP contribution in [0.2, 0.25) is 5.02 Å². The fourth-order valence-electron chi connectivity index (χ4n) is 3.14. The minimum Gasteiger partial charge on any atom is -0.345 e. The van der Waals surface area contributed by atoms with Crippen LogP contribution < -0.4 is 10.2 Å². The number of sulfone groups is 1. The van der Waals surface area contributed by atoms with Crippen LogP contribution in [0, 0.1) is 0 Å².